The van der Waals surface area contributed by atoms with Crippen molar-refractivity contribution in [3.05, 3.63) is 24.3 Å². The van der Waals surface area contributed by atoms with E-state index in [2.05, 4.69) is 24.1 Å². The van der Waals surface area contributed by atoms with Gasteiger partial charge in [0.15, 0.2) is 0 Å². The van der Waals surface area contributed by atoms with Crippen LogP contribution in [0.4, 0.5) is 5.69 Å². The van der Waals surface area contributed by atoms with Crippen LogP contribution in [0.1, 0.15) is 40.5 Å². The molecule has 1 amide bonds. The first-order valence-corrected chi connectivity index (χ1v) is 9.44. The Morgan fingerprint density at radius 3 is 2.36 bits per heavy atom. The molecular weight excluding hydrogens is 316 g/mol. The van der Waals surface area contributed by atoms with Crippen molar-refractivity contribution in [2.45, 2.75) is 46.1 Å². The number of ether oxygens (including phenoxy) is 2. The van der Waals surface area contributed by atoms with Gasteiger partial charge >= 0.3 is 0 Å². The van der Waals surface area contributed by atoms with E-state index in [9.17, 15) is 4.79 Å². The van der Waals surface area contributed by atoms with Gasteiger partial charge in [-0.2, -0.15) is 0 Å². The van der Waals surface area contributed by atoms with Crippen LogP contribution in [0.15, 0.2) is 24.3 Å². The van der Waals surface area contributed by atoms with Gasteiger partial charge < -0.3 is 19.7 Å². The Hall–Kier alpha value is -1.59. The zero-order valence-corrected chi connectivity index (χ0v) is 16.0. The summed E-state index contributed by atoms with van der Waals surface area (Å²) in [4.78, 5) is 15.0. The second-order valence-corrected chi connectivity index (χ2v) is 6.67. The summed E-state index contributed by atoms with van der Waals surface area (Å²) >= 11 is 0. The molecule has 1 aromatic carbocycles. The molecule has 1 saturated carbocycles. The van der Waals surface area contributed by atoms with E-state index in [4.69, 9.17) is 9.47 Å². The highest BCUT2D eigenvalue weighted by Crippen LogP contribution is 2.42. The Morgan fingerprint density at radius 2 is 1.84 bits per heavy atom. The number of nitrogens with one attached hydrogen (secondary N) is 1. The molecule has 1 aliphatic rings. The Morgan fingerprint density at radius 1 is 1.20 bits per heavy atom. The molecule has 0 aromatic heterocycles. The lowest BCUT2D eigenvalue weighted by atomic mass is 9.99. The number of rotatable bonds is 11. The zero-order chi connectivity index (χ0) is 18.3. The van der Waals surface area contributed by atoms with Gasteiger partial charge in [0.2, 0.25) is 0 Å². The predicted octanol–water partition coefficient (Wildman–Crippen LogP) is 3.55. The SMILES string of the molecule is CCO[C@@](C)(C(=O)Nc1ccc(OCCN(CC)CC)cc1)C1CC1. The Bertz CT molecular complexity index is 538. The number of anilines is 1. The van der Waals surface area contributed by atoms with Crippen LogP contribution in [0.5, 0.6) is 5.75 Å². The van der Waals surface area contributed by atoms with Gasteiger partial charge in [-0.15, -0.1) is 0 Å². The maximum atomic E-state index is 12.6. The number of hydrogen-bond acceptors (Lipinski definition) is 4. The molecule has 25 heavy (non-hydrogen) atoms. The molecule has 1 atom stereocenters. The Labute approximate surface area is 151 Å². The van der Waals surface area contributed by atoms with Crippen molar-refractivity contribution in [3.63, 3.8) is 0 Å². The van der Waals surface area contributed by atoms with Crippen LogP contribution in [0, 0.1) is 5.92 Å². The largest absolute Gasteiger partial charge is 0.492 e. The first-order valence-electron chi connectivity index (χ1n) is 9.44. The first kappa shape index (κ1) is 19.7. The molecule has 140 valence electrons. The maximum Gasteiger partial charge on any atom is 0.256 e. The number of carbonyl (C=O) groups is 1. The molecule has 0 radical (unpaired) electrons. The first-order chi connectivity index (χ1) is 12.0. The van der Waals surface area contributed by atoms with Crippen LogP contribution in [0.2, 0.25) is 0 Å². The third-order valence-electron chi connectivity index (χ3n) is 4.93. The predicted molar refractivity (Wildman–Crippen MR) is 101 cm³/mol. The van der Waals surface area contributed by atoms with Crippen LogP contribution in [0.25, 0.3) is 0 Å². The van der Waals surface area contributed by atoms with Crippen molar-refractivity contribution >= 4 is 11.6 Å². The molecule has 1 aliphatic carbocycles. The average molecular weight is 348 g/mol. The number of benzene rings is 1. The molecule has 1 fully saturated rings. The van der Waals surface area contributed by atoms with Crippen LogP contribution >= 0.6 is 0 Å². The van der Waals surface area contributed by atoms with Crippen molar-refractivity contribution < 1.29 is 14.3 Å². The smallest absolute Gasteiger partial charge is 0.256 e. The lowest BCUT2D eigenvalue weighted by molar-refractivity contribution is -0.141. The van der Waals surface area contributed by atoms with Crippen molar-refractivity contribution in [2.75, 3.05) is 38.2 Å². The highest BCUT2D eigenvalue weighted by Gasteiger charge is 2.48. The Kier molecular flexibility index (Phi) is 7.26. The minimum Gasteiger partial charge on any atom is -0.492 e. The van der Waals surface area contributed by atoms with Gasteiger partial charge in [-0.25, -0.2) is 0 Å². The minimum absolute atomic E-state index is 0.0629. The van der Waals surface area contributed by atoms with E-state index >= 15 is 0 Å². The number of hydrogen-bond donors (Lipinski definition) is 1. The van der Waals surface area contributed by atoms with Crippen LogP contribution in [0.3, 0.4) is 0 Å². The van der Waals surface area contributed by atoms with E-state index in [1.807, 2.05) is 38.1 Å². The van der Waals surface area contributed by atoms with Crippen LogP contribution in [-0.4, -0.2) is 49.3 Å². The molecule has 2 rings (SSSR count). The summed E-state index contributed by atoms with van der Waals surface area (Å²) in [5, 5.41) is 2.98. The molecule has 0 saturated heterocycles. The molecule has 0 spiro atoms. The fourth-order valence-electron chi connectivity index (χ4n) is 3.02. The number of carbonyl (C=O) groups excluding carboxylic acids is 1. The molecule has 0 heterocycles. The molecule has 5 nitrogen and oxygen atoms in total. The number of nitrogens with zero attached hydrogens (tertiary/aromatic N) is 1. The fourth-order valence-corrected chi connectivity index (χ4v) is 3.02. The quantitative estimate of drug-likeness (QED) is 0.664. The standard InChI is InChI=1S/C20H32N2O3/c1-5-22(6-2)14-15-24-18-12-10-17(11-13-18)21-19(23)20(4,25-7-3)16-8-9-16/h10-13,16H,5-9,14-15H2,1-4H3,(H,21,23)/t20-/m1/s1. The van der Waals surface area contributed by atoms with Crippen molar-refractivity contribution in [1.29, 1.82) is 0 Å². The Balaban J connectivity index is 1.86. The van der Waals surface area contributed by atoms with E-state index in [0.29, 0.717) is 19.1 Å². The summed E-state index contributed by atoms with van der Waals surface area (Å²) < 4.78 is 11.5. The summed E-state index contributed by atoms with van der Waals surface area (Å²) in [6.07, 6.45) is 2.12. The third-order valence-corrected chi connectivity index (χ3v) is 4.93. The van der Waals surface area contributed by atoms with Gasteiger partial charge in [0.25, 0.3) is 5.91 Å². The maximum absolute atomic E-state index is 12.6. The van der Waals surface area contributed by atoms with Crippen molar-refractivity contribution in [1.82, 2.24) is 4.90 Å². The molecule has 1 N–H and O–H groups in total. The van der Waals surface area contributed by atoms with Crippen molar-refractivity contribution in [2.24, 2.45) is 5.92 Å². The molecular formula is C20H32N2O3. The normalized spacial score (nSPS) is 16.5. The second-order valence-electron chi connectivity index (χ2n) is 6.67. The fraction of sp³-hybridized carbons (Fsp3) is 0.650. The van der Waals surface area contributed by atoms with E-state index in [-0.39, 0.29) is 5.91 Å². The minimum atomic E-state index is -0.728. The summed E-state index contributed by atoms with van der Waals surface area (Å²) in [5.74, 6) is 1.09. The van der Waals surface area contributed by atoms with Gasteiger partial charge in [0.05, 0.1) is 0 Å². The van der Waals surface area contributed by atoms with E-state index < -0.39 is 5.60 Å². The molecule has 1 aromatic rings. The third kappa shape index (κ3) is 5.44. The van der Waals surface area contributed by atoms with Crippen LogP contribution in [-0.2, 0) is 9.53 Å². The van der Waals surface area contributed by atoms with Gasteiger partial charge in [-0.1, -0.05) is 13.8 Å². The molecule has 0 unspecified atom stereocenters. The summed E-state index contributed by atoms with van der Waals surface area (Å²) in [7, 11) is 0. The topological polar surface area (TPSA) is 50.8 Å². The van der Waals surface area contributed by atoms with Gasteiger partial charge in [-0.05, 0) is 70.0 Å². The number of likely N-dealkylation sites (N-methyl/N-ethyl adjacent to an activating group) is 1. The highest BCUT2D eigenvalue weighted by atomic mass is 16.5. The van der Waals surface area contributed by atoms with E-state index in [1.165, 1.54) is 0 Å². The zero-order valence-electron chi connectivity index (χ0n) is 16.0. The molecule has 0 aliphatic heterocycles. The summed E-state index contributed by atoms with van der Waals surface area (Å²) in [6.45, 7) is 12.3. The average Bonchev–Trinajstić information content (AvgIpc) is 3.46. The monoisotopic (exact) mass is 348 g/mol. The van der Waals surface area contributed by atoms with Gasteiger partial charge in [-0.3, -0.25) is 4.79 Å². The van der Waals surface area contributed by atoms with Crippen molar-refractivity contribution in [3.8, 4) is 5.75 Å². The summed E-state index contributed by atoms with van der Waals surface area (Å²) in [6, 6.07) is 7.55. The van der Waals surface area contributed by atoms with E-state index in [1.54, 1.807) is 0 Å². The molecule has 0 bridgehead atoms. The van der Waals surface area contributed by atoms with Gasteiger partial charge in [0.1, 0.15) is 18.0 Å². The number of amides is 1. The lowest BCUT2D eigenvalue weighted by Crippen LogP contribution is -2.44. The summed E-state index contributed by atoms with van der Waals surface area (Å²) in [5.41, 5.74) is 0.0425. The van der Waals surface area contributed by atoms with Gasteiger partial charge in [0, 0.05) is 18.8 Å². The van der Waals surface area contributed by atoms with Crippen LogP contribution < -0.4 is 10.1 Å². The van der Waals surface area contributed by atoms with E-state index in [0.717, 1.165) is 43.9 Å². The highest BCUT2D eigenvalue weighted by molar-refractivity contribution is 5.97. The lowest BCUT2D eigenvalue weighted by Gasteiger charge is -2.28. The second kappa shape index (κ2) is 9.20. The molecule has 5 heteroatoms.